The molecule has 0 saturated carbocycles. The van der Waals surface area contributed by atoms with Crippen LogP contribution in [-0.2, 0) is 15.3 Å². The molecule has 2 atom stereocenters. The first-order chi connectivity index (χ1) is 6.21. The highest BCUT2D eigenvalue weighted by Crippen LogP contribution is 2.35. The minimum Gasteiger partial charge on any atom is -0.345 e. The Balaban J connectivity index is 2.20. The molecule has 0 spiro atoms. The molecule has 1 aromatic rings. The summed E-state index contributed by atoms with van der Waals surface area (Å²) in [4.78, 5) is 1.15. The molecular formula is C10H14O2S. The van der Waals surface area contributed by atoms with E-state index in [0.29, 0.717) is 6.10 Å². The van der Waals surface area contributed by atoms with Gasteiger partial charge in [0.05, 0.1) is 17.6 Å². The average molecular weight is 198 g/mol. The molecule has 0 unspecified atom stereocenters. The van der Waals surface area contributed by atoms with Gasteiger partial charge in [-0.2, -0.15) is 0 Å². The third-order valence-corrected chi connectivity index (χ3v) is 3.35. The van der Waals surface area contributed by atoms with Crippen LogP contribution in [0, 0.1) is 0 Å². The lowest BCUT2D eigenvalue weighted by Gasteiger charge is -2.36. The second-order valence-electron chi connectivity index (χ2n) is 3.49. The van der Waals surface area contributed by atoms with Gasteiger partial charge in [-0.3, -0.25) is 0 Å². The Morgan fingerprint density at radius 3 is 3.08 bits per heavy atom. The van der Waals surface area contributed by atoms with E-state index in [2.05, 4.69) is 13.0 Å². The van der Waals surface area contributed by atoms with Crippen LogP contribution in [0.2, 0.25) is 0 Å². The molecule has 72 valence electrons. The third kappa shape index (κ3) is 1.77. The molecular weight excluding hydrogens is 184 g/mol. The van der Waals surface area contributed by atoms with E-state index >= 15 is 0 Å². The lowest BCUT2D eigenvalue weighted by molar-refractivity contribution is -0.287. The molecule has 1 saturated heterocycles. The summed E-state index contributed by atoms with van der Waals surface area (Å²) in [6.07, 6.45) is 1.28. The van der Waals surface area contributed by atoms with Crippen LogP contribution in [0.25, 0.3) is 0 Å². The van der Waals surface area contributed by atoms with Crippen molar-refractivity contribution in [3.05, 3.63) is 22.4 Å². The Hall–Kier alpha value is -0.380. The molecule has 2 nitrogen and oxygen atoms in total. The molecule has 0 bridgehead atoms. The zero-order valence-electron chi connectivity index (χ0n) is 7.95. The molecule has 0 aromatic carbocycles. The molecule has 2 heterocycles. The van der Waals surface area contributed by atoms with Gasteiger partial charge in [-0.05, 0) is 31.7 Å². The van der Waals surface area contributed by atoms with Crippen LogP contribution in [0.1, 0.15) is 25.1 Å². The average Bonchev–Trinajstić information content (AvgIpc) is 2.55. The second kappa shape index (κ2) is 3.40. The number of ether oxygens (including phenoxy) is 2. The molecule has 0 N–H and O–H groups in total. The minimum atomic E-state index is -0.508. The van der Waals surface area contributed by atoms with E-state index in [1.807, 2.05) is 18.4 Å². The fourth-order valence-corrected chi connectivity index (χ4v) is 2.34. The largest absolute Gasteiger partial charge is 0.345 e. The Labute approximate surface area is 82.5 Å². The monoisotopic (exact) mass is 198 g/mol. The van der Waals surface area contributed by atoms with Gasteiger partial charge >= 0.3 is 0 Å². The van der Waals surface area contributed by atoms with Crippen LogP contribution in [0.4, 0.5) is 0 Å². The second-order valence-corrected chi connectivity index (χ2v) is 4.44. The van der Waals surface area contributed by atoms with Crippen molar-refractivity contribution >= 4 is 11.3 Å². The third-order valence-electron chi connectivity index (χ3n) is 2.30. The number of rotatable bonds is 1. The highest BCUT2D eigenvalue weighted by atomic mass is 32.1. The van der Waals surface area contributed by atoms with Crippen LogP contribution < -0.4 is 0 Å². The lowest BCUT2D eigenvalue weighted by atomic mass is 10.2. The maximum Gasteiger partial charge on any atom is 0.201 e. The van der Waals surface area contributed by atoms with E-state index in [-0.39, 0.29) is 0 Å². The van der Waals surface area contributed by atoms with E-state index in [4.69, 9.17) is 9.47 Å². The zero-order chi connectivity index (χ0) is 9.31. The maximum atomic E-state index is 5.81. The van der Waals surface area contributed by atoms with Gasteiger partial charge < -0.3 is 9.47 Å². The molecule has 1 aromatic heterocycles. The summed E-state index contributed by atoms with van der Waals surface area (Å²) in [6, 6.07) is 4.08. The zero-order valence-corrected chi connectivity index (χ0v) is 8.76. The Kier molecular flexibility index (Phi) is 2.41. The fourth-order valence-electron chi connectivity index (χ4n) is 1.56. The first-order valence-electron chi connectivity index (χ1n) is 4.56. The molecule has 0 radical (unpaired) electrons. The molecule has 1 aliphatic heterocycles. The number of hydrogen-bond donors (Lipinski definition) is 0. The van der Waals surface area contributed by atoms with E-state index in [1.54, 1.807) is 11.3 Å². The number of thiophene rings is 1. The van der Waals surface area contributed by atoms with Gasteiger partial charge in [0.2, 0.25) is 5.79 Å². The quantitative estimate of drug-likeness (QED) is 0.690. The summed E-state index contributed by atoms with van der Waals surface area (Å²) in [6.45, 7) is 4.87. The molecule has 3 heteroatoms. The van der Waals surface area contributed by atoms with E-state index in [9.17, 15) is 0 Å². The van der Waals surface area contributed by atoms with E-state index < -0.39 is 5.79 Å². The standard InChI is InChI=1S/C10H14O2S/c1-8-5-6-11-10(2,12-8)9-4-3-7-13-9/h3-4,7-8H,5-6H2,1-2H3/t8-,10-/m0/s1. The molecule has 1 aliphatic rings. The minimum absolute atomic E-state index is 0.292. The predicted molar refractivity (Wildman–Crippen MR) is 52.8 cm³/mol. The summed E-state index contributed by atoms with van der Waals surface area (Å²) in [5, 5.41) is 2.05. The lowest BCUT2D eigenvalue weighted by Crippen LogP contribution is -2.38. The van der Waals surface area contributed by atoms with E-state index in [0.717, 1.165) is 17.9 Å². The van der Waals surface area contributed by atoms with Gasteiger partial charge in [0.15, 0.2) is 0 Å². The Morgan fingerprint density at radius 2 is 2.46 bits per heavy atom. The van der Waals surface area contributed by atoms with Crippen LogP contribution >= 0.6 is 11.3 Å². The molecule has 2 rings (SSSR count). The van der Waals surface area contributed by atoms with Gasteiger partial charge in [-0.15, -0.1) is 11.3 Å². The van der Waals surface area contributed by atoms with Crippen molar-refractivity contribution < 1.29 is 9.47 Å². The van der Waals surface area contributed by atoms with Crippen LogP contribution in [0.3, 0.4) is 0 Å². The van der Waals surface area contributed by atoms with Gasteiger partial charge in [0.1, 0.15) is 0 Å². The van der Waals surface area contributed by atoms with Crippen molar-refractivity contribution in [2.75, 3.05) is 6.61 Å². The van der Waals surface area contributed by atoms with Crippen molar-refractivity contribution in [1.29, 1.82) is 0 Å². The maximum absolute atomic E-state index is 5.81. The Bertz CT molecular complexity index is 270. The van der Waals surface area contributed by atoms with Gasteiger partial charge in [-0.25, -0.2) is 0 Å². The van der Waals surface area contributed by atoms with Gasteiger partial charge in [0.25, 0.3) is 0 Å². The Morgan fingerprint density at radius 1 is 1.62 bits per heavy atom. The van der Waals surface area contributed by atoms with Crippen LogP contribution in [0.15, 0.2) is 17.5 Å². The highest BCUT2D eigenvalue weighted by Gasteiger charge is 2.34. The normalized spacial score (nSPS) is 34.8. The van der Waals surface area contributed by atoms with Crippen molar-refractivity contribution in [3.8, 4) is 0 Å². The summed E-state index contributed by atoms with van der Waals surface area (Å²) < 4.78 is 11.5. The summed E-state index contributed by atoms with van der Waals surface area (Å²) >= 11 is 1.68. The van der Waals surface area contributed by atoms with Crippen molar-refractivity contribution in [2.24, 2.45) is 0 Å². The predicted octanol–water partition coefficient (Wildman–Crippen LogP) is 2.75. The molecule has 0 aliphatic carbocycles. The number of hydrogen-bond acceptors (Lipinski definition) is 3. The summed E-state index contributed by atoms with van der Waals surface area (Å²) in [5.74, 6) is -0.508. The van der Waals surface area contributed by atoms with Crippen LogP contribution in [-0.4, -0.2) is 12.7 Å². The van der Waals surface area contributed by atoms with Gasteiger partial charge in [0, 0.05) is 0 Å². The summed E-state index contributed by atoms with van der Waals surface area (Å²) in [7, 11) is 0. The van der Waals surface area contributed by atoms with E-state index in [1.165, 1.54) is 0 Å². The SMILES string of the molecule is C[C@H]1CCO[C@](C)(c2cccs2)O1. The first-order valence-corrected chi connectivity index (χ1v) is 5.44. The van der Waals surface area contributed by atoms with Crippen LogP contribution in [0.5, 0.6) is 0 Å². The van der Waals surface area contributed by atoms with Crippen molar-refractivity contribution in [3.63, 3.8) is 0 Å². The smallest absolute Gasteiger partial charge is 0.201 e. The molecule has 0 amide bonds. The topological polar surface area (TPSA) is 18.5 Å². The first kappa shape index (κ1) is 9.19. The summed E-state index contributed by atoms with van der Waals surface area (Å²) in [5.41, 5.74) is 0. The van der Waals surface area contributed by atoms with Gasteiger partial charge in [-0.1, -0.05) is 6.07 Å². The van der Waals surface area contributed by atoms with Crippen molar-refractivity contribution in [1.82, 2.24) is 0 Å². The highest BCUT2D eigenvalue weighted by molar-refractivity contribution is 7.10. The van der Waals surface area contributed by atoms with Crippen molar-refractivity contribution in [2.45, 2.75) is 32.2 Å². The fraction of sp³-hybridized carbons (Fsp3) is 0.600. The molecule has 1 fully saturated rings. The molecule has 13 heavy (non-hydrogen) atoms.